The summed E-state index contributed by atoms with van der Waals surface area (Å²) in [6.45, 7) is 1.37. The third kappa shape index (κ3) is 4.73. The van der Waals surface area contributed by atoms with Gasteiger partial charge < -0.3 is 10.1 Å². The molecule has 4 aromatic rings. The predicted molar refractivity (Wildman–Crippen MR) is 120 cm³/mol. The van der Waals surface area contributed by atoms with Crippen molar-refractivity contribution in [2.45, 2.75) is 13.5 Å². The van der Waals surface area contributed by atoms with Gasteiger partial charge in [-0.3, -0.25) is 18.8 Å². The van der Waals surface area contributed by atoms with Gasteiger partial charge in [-0.2, -0.15) is 0 Å². The van der Waals surface area contributed by atoms with Crippen molar-refractivity contribution in [1.82, 2.24) is 14.7 Å². The van der Waals surface area contributed by atoms with Crippen LogP contribution >= 0.6 is 0 Å². The largest absolute Gasteiger partial charge is 0.458 e. The van der Waals surface area contributed by atoms with Crippen LogP contribution in [0.1, 0.15) is 21.7 Å². The molecule has 1 N–H and O–H groups in total. The van der Waals surface area contributed by atoms with Gasteiger partial charge in [-0.1, -0.05) is 48.5 Å². The Balaban J connectivity index is 1.32. The molecule has 0 aliphatic carbocycles. The first-order valence-electron chi connectivity index (χ1n) is 10.1. The number of rotatable bonds is 6. The quantitative estimate of drug-likeness (QED) is 0.478. The molecule has 0 atom stereocenters. The Hall–Kier alpha value is -4.26. The topological polar surface area (TPSA) is 89.8 Å². The zero-order valence-electron chi connectivity index (χ0n) is 17.4. The minimum atomic E-state index is -0.620. The van der Waals surface area contributed by atoms with Crippen LogP contribution in [0.15, 0.2) is 83.7 Å². The maximum atomic E-state index is 12.3. The first kappa shape index (κ1) is 21.0. The fourth-order valence-corrected chi connectivity index (χ4v) is 3.34. The van der Waals surface area contributed by atoms with Crippen molar-refractivity contribution in [3.05, 3.63) is 106 Å². The number of hydrogen-bond donors (Lipinski definition) is 1. The van der Waals surface area contributed by atoms with Gasteiger partial charge >= 0.3 is 5.97 Å². The average Bonchev–Trinajstić information content (AvgIpc) is 2.81. The molecule has 2 aromatic heterocycles. The fraction of sp³-hybridized carbons (Fsp3) is 0.120. The number of hydrogen-bond acceptors (Lipinski definition) is 5. The number of amides is 1. The highest BCUT2D eigenvalue weighted by Gasteiger charge is 2.11. The molecular weight excluding hydrogens is 406 g/mol. The number of pyridine rings is 1. The van der Waals surface area contributed by atoms with E-state index >= 15 is 0 Å². The average molecular weight is 427 g/mol. The summed E-state index contributed by atoms with van der Waals surface area (Å²) < 4.78 is 6.64. The van der Waals surface area contributed by atoms with Gasteiger partial charge in [0.15, 0.2) is 0 Å². The molecule has 4 rings (SSSR count). The number of nitrogens with zero attached hydrogens (tertiary/aromatic N) is 2. The summed E-state index contributed by atoms with van der Waals surface area (Å²) in [4.78, 5) is 41.0. The van der Waals surface area contributed by atoms with E-state index < -0.39 is 5.97 Å². The summed E-state index contributed by atoms with van der Waals surface area (Å²) in [5.74, 6) is -0.996. The van der Waals surface area contributed by atoms with Gasteiger partial charge in [-0.05, 0) is 42.3 Å². The van der Waals surface area contributed by atoms with Crippen LogP contribution < -0.4 is 10.9 Å². The molecule has 0 spiro atoms. The van der Waals surface area contributed by atoms with Gasteiger partial charge in [0.1, 0.15) is 18.8 Å². The second-order valence-electron chi connectivity index (χ2n) is 7.23. The molecule has 0 unspecified atom stereocenters. The number of ether oxygens (including phenoxy) is 1. The molecule has 0 bridgehead atoms. The summed E-state index contributed by atoms with van der Waals surface area (Å²) in [5.41, 5.74) is 3.84. The molecule has 7 nitrogen and oxygen atoms in total. The molecule has 0 aliphatic rings. The third-order valence-electron chi connectivity index (χ3n) is 4.96. The van der Waals surface area contributed by atoms with E-state index in [1.165, 1.54) is 10.5 Å². The molecular formula is C25H21N3O4. The van der Waals surface area contributed by atoms with Crippen LogP contribution in [-0.2, 0) is 16.1 Å². The Morgan fingerprint density at radius 1 is 0.938 bits per heavy atom. The van der Waals surface area contributed by atoms with Crippen LogP contribution in [0.5, 0.6) is 0 Å². The van der Waals surface area contributed by atoms with Crippen LogP contribution in [0.2, 0.25) is 0 Å². The zero-order chi connectivity index (χ0) is 22.5. The first-order chi connectivity index (χ1) is 15.5. The first-order valence-corrected chi connectivity index (χ1v) is 10.1. The normalized spacial score (nSPS) is 10.7. The molecule has 32 heavy (non-hydrogen) atoms. The molecule has 160 valence electrons. The highest BCUT2D eigenvalue weighted by molar-refractivity contribution is 5.96. The smallest absolute Gasteiger partial charge is 0.325 e. The highest BCUT2D eigenvalue weighted by atomic mass is 16.5. The van der Waals surface area contributed by atoms with Crippen molar-refractivity contribution in [3.8, 4) is 11.1 Å². The van der Waals surface area contributed by atoms with E-state index in [4.69, 9.17) is 4.74 Å². The van der Waals surface area contributed by atoms with Crippen LogP contribution in [0, 0.1) is 6.92 Å². The lowest BCUT2D eigenvalue weighted by Gasteiger charge is -2.09. The minimum Gasteiger partial charge on any atom is -0.458 e. The lowest BCUT2D eigenvalue weighted by molar-refractivity contribution is -0.143. The summed E-state index contributed by atoms with van der Waals surface area (Å²) in [7, 11) is 0. The monoisotopic (exact) mass is 427 g/mol. The molecule has 0 radical (unpaired) electrons. The summed E-state index contributed by atoms with van der Waals surface area (Å²) >= 11 is 0. The summed E-state index contributed by atoms with van der Waals surface area (Å²) in [6.07, 6.45) is 0. The fourth-order valence-electron chi connectivity index (χ4n) is 3.34. The van der Waals surface area contributed by atoms with Gasteiger partial charge in [0.2, 0.25) is 0 Å². The van der Waals surface area contributed by atoms with Crippen molar-refractivity contribution < 1.29 is 14.3 Å². The van der Waals surface area contributed by atoms with E-state index in [1.807, 2.05) is 55.5 Å². The van der Waals surface area contributed by atoms with Crippen LogP contribution in [0.3, 0.4) is 0 Å². The van der Waals surface area contributed by atoms with E-state index in [2.05, 4.69) is 10.3 Å². The lowest BCUT2D eigenvalue weighted by atomic mass is 10.0. The Bertz CT molecular complexity index is 1330. The van der Waals surface area contributed by atoms with Crippen LogP contribution in [0.25, 0.3) is 16.8 Å². The molecule has 2 aromatic carbocycles. The Morgan fingerprint density at radius 3 is 2.41 bits per heavy atom. The molecule has 0 saturated heterocycles. The van der Waals surface area contributed by atoms with Crippen molar-refractivity contribution in [1.29, 1.82) is 0 Å². The maximum Gasteiger partial charge on any atom is 0.325 e. The third-order valence-corrected chi connectivity index (χ3v) is 4.96. The molecule has 0 fully saturated rings. The minimum absolute atomic E-state index is 0.153. The molecule has 1 amide bonds. The summed E-state index contributed by atoms with van der Waals surface area (Å²) in [5, 5.41) is 2.54. The van der Waals surface area contributed by atoms with Crippen molar-refractivity contribution in [2.24, 2.45) is 0 Å². The maximum absolute atomic E-state index is 12.3. The van der Waals surface area contributed by atoms with Gasteiger partial charge in [0.25, 0.3) is 11.5 Å². The van der Waals surface area contributed by atoms with Gasteiger partial charge in [-0.25, -0.2) is 4.98 Å². The van der Waals surface area contributed by atoms with Gasteiger partial charge in [-0.15, -0.1) is 0 Å². The van der Waals surface area contributed by atoms with E-state index in [-0.39, 0.29) is 24.6 Å². The molecule has 7 heteroatoms. The van der Waals surface area contributed by atoms with Crippen molar-refractivity contribution in [2.75, 3.05) is 6.54 Å². The number of carbonyl (C=O) groups is 2. The standard InChI is InChI=1S/C25H21N3O4/c1-17-6-5-9-22-27-21(14-23(29)28(17)22)16-32-24(30)15-26-25(31)20-12-10-19(11-13-20)18-7-3-2-4-8-18/h2-14H,15-16H2,1H3,(H,26,31). The van der Waals surface area contributed by atoms with Crippen molar-refractivity contribution >= 4 is 17.5 Å². The molecule has 2 heterocycles. The van der Waals surface area contributed by atoms with E-state index in [1.54, 1.807) is 24.3 Å². The van der Waals surface area contributed by atoms with E-state index in [0.29, 0.717) is 16.9 Å². The number of nitrogens with one attached hydrogen (secondary N) is 1. The number of aromatic nitrogens is 2. The zero-order valence-corrected chi connectivity index (χ0v) is 17.4. The molecule has 0 saturated carbocycles. The second-order valence-corrected chi connectivity index (χ2v) is 7.23. The van der Waals surface area contributed by atoms with Gasteiger partial charge in [0.05, 0.1) is 5.69 Å². The van der Waals surface area contributed by atoms with Crippen molar-refractivity contribution in [3.63, 3.8) is 0 Å². The lowest BCUT2D eigenvalue weighted by Crippen LogP contribution is -2.30. The number of esters is 1. The van der Waals surface area contributed by atoms with Gasteiger partial charge in [0, 0.05) is 17.3 Å². The number of benzene rings is 2. The Labute approximate surface area is 184 Å². The number of carbonyl (C=O) groups excluding carboxylic acids is 2. The van der Waals surface area contributed by atoms with Crippen LogP contribution in [0.4, 0.5) is 0 Å². The number of fused-ring (bicyclic) bond motifs is 1. The SMILES string of the molecule is Cc1cccc2nc(COC(=O)CNC(=O)c3ccc(-c4ccccc4)cc3)cc(=O)n12. The highest BCUT2D eigenvalue weighted by Crippen LogP contribution is 2.19. The Morgan fingerprint density at radius 2 is 1.66 bits per heavy atom. The summed E-state index contributed by atoms with van der Waals surface area (Å²) in [6, 6.07) is 23.6. The van der Waals surface area contributed by atoms with E-state index in [0.717, 1.165) is 16.8 Å². The van der Waals surface area contributed by atoms with E-state index in [9.17, 15) is 14.4 Å². The molecule has 0 aliphatic heterocycles. The Kier molecular flexibility index (Phi) is 6.07. The number of aryl methyl sites for hydroxylation is 1. The second kappa shape index (κ2) is 9.26. The van der Waals surface area contributed by atoms with Crippen LogP contribution in [-0.4, -0.2) is 27.8 Å². The predicted octanol–water partition coefficient (Wildman–Crippen LogP) is 3.14.